The number of nitro benzene ring substituents is 2. The predicted octanol–water partition coefficient (Wildman–Crippen LogP) is 7.30. The van der Waals surface area contributed by atoms with Crippen molar-refractivity contribution in [2.45, 2.75) is 33.9 Å². The van der Waals surface area contributed by atoms with E-state index in [1.165, 1.54) is 23.9 Å². The van der Waals surface area contributed by atoms with E-state index in [-0.39, 0.29) is 44.8 Å². The summed E-state index contributed by atoms with van der Waals surface area (Å²) in [5.74, 6) is -0.0915. The smallest absolute Gasteiger partial charge is 0.282 e. The third-order valence-corrected chi connectivity index (χ3v) is 9.30. The molecule has 1 saturated carbocycles. The Kier molecular flexibility index (Phi) is 6.26. The molecule has 0 unspecified atom stereocenters. The Morgan fingerprint density at radius 1 is 1.00 bits per heavy atom. The fourth-order valence-electron chi connectivity index (χ4n) is 5.13. The molecule has 10 heteroatoms. The number of benzene rings is 3. The zero-order valence-corrected chi connectivity index (χ0v) is 20.8. The van der Waals surface area contributed by atoms with E-state index in [1.54, 1.807) is 24.3 Å². The zero-order chi connectivity index (χ0) is 24.0. The molecule has 1 fully saturated rings. The first-order valence-corrected chi connectivity index (χ1v) is 12.8. The van der Waals surface area contributed by atoms with Gasteiger partial charge in [-0.15, -0.1) is 23.4 Å². The van der Waals surface area contributed by atoms with E-state index < -0.39 is 4.92 Å². The van der Waals surface area contributed by atoms with E-state index >= 15 is 0 Å². The maximum atomic E-state index is 11.6. The van der Waals surface area contributed by atoms with Crippen LogP contribution in [0, 0.1) is 26.1 Å². The van der Waals surface area contributed by atoms with E-state index in [1.807, 2.05) is 18.2 Å². The van der Waals surface area contributed by atoms with E-state index in [0.717, 1.165) is 16.8 Å². The third-order valence-electron chi connectivity index (χ3n) is 6.57. The number of nitro groups is 2. The number of nitrogens with zero attached hydrogens (tertiary/aromatic N) is 2. The van der Waals surface area contributed by atoms with Gasteiger partial charge in [-0.3, -0.25) is 20.2 Å². The lowest BCUT2D eigenvalue weighted by Gasteiger charge is -2.38. The average Bonchev–Trinajstić information content (AvgIpc) is 3.15. The van der Waals surface area contributed by atoms with Crippen molar-refractivity contribution >= 4 is 56.4 Å². The maximum Gasteiger partial charge on any atom is 0.282 e. The molecule has 1 aliphatic carbocycles. The molecule has 3 aromatic rings. The first-order chi connectivity index (χ1) is 16.3. The largest absolute Gasteiger partial charge is 0.377 e. The Morgan fingerprint density at radius 3 is 2.41 bits per heavy atom. The molecule has 0 amide bonds. The van der Waals surface area contributed by atoms with Crippen molar-refractivity contribution in [2.24, 2.45) is 5.92 Å². The summed E-state index contributed by atoms with van der Waals surface area (Å²) in [6.45, 7) is 0. The van der Waals surface area contributed by atoms with Crippen molar-refractivity contribution in [3.63, 3.8) is 0 Å². The minimum Gasteiger partial charge on any atom is -0.377 e. The van der Waals surface area contributed by atoms with Crippen LogP contribution >= 0.6 is 39.3 Å². The van der Waals surface area contributed by atoms with E-state index in [2.05, 4.69) is 33.4 Å². The number of nitrogens with one attached hydrogen (secondary N) is 1. The summed E-state index contributed by atoms with van der Waals surface area (Å²) in [5, 5.41) is 26.3. The third kappa shape index (κ3) is 4.06. The SMILES string of the molecule is O=[N+]([O-])c1cc(Br)c2c(c1)[C@H]1[C@@H](Cl)[C@@H](Sc3ccccc3[N+](=O)[O-])C[C@@H]1[C@@H](c1ccccc1)N2. The van der Waals surface area contributed by atoms with Crippen LogP contribution in [0.1, 0.15) is 29.5 Å². The van der Waals surface area contributed by atoms with Crippen molar-refractivity contribution in [2.75, 3.05) is 5.32 Å². The molecular formula is C24H19BrClN3O4S. The molecule has 2 aliphatic rings. The molecule has 1 N–H and O–H groups in total. The molecule has 34 heavy (non-hydrogen) atoms. The number of fused-ring (bicyclic) bond motifs is 3. The van der Waals surface area contributed by atoms with Crippen molar-refractivity contribution in [3.05, 3.63) is 103 Å². The van der Waals surface area contributed by atoms with Crippen LogP contribution in [0.2, 0.25) is 0 Å². The highest BCUT2D eigenvalue weighted by atomic mass is 79.9. The van der Waals surface area contributed by atoms with Gasteiger partial charge >= 0.3 is 0 Å². The van der Waals surface area contributed by atoms with Crippen molar-refractivity contribution in [1.29, 1.82) is 0 Å². The Labute approximate surface area is 213 Å². The van der Waals surface area contributed by atoms with Crippen LogP contribution in [0.5, 0.6) is 0 Å². The predicted molar refractivity (Wildman–Crippen MR) is 137 cm³/mol. The highest BCUT2D eigenvalue weighted by molar-refractivity contribution is 9.10. The molecule has 1 aliphatic heterocycles. The molecule has 5 atom stereocenters. The van der Waals surface area contributed by atoms with Crippen LogP contribution < -0.4 is 5.32 Å². The number of alkyl halides is 1. The van der Waals surface area contributed by atoms with Crippen LogP contribution in [0.3, 0.4) is 0 Å². The fraction of sp³-hybridized carbons (Fsp3) is 0.250. The minimum absolute atomic E-state index is 0.00278. The van der Waals surface area contributed by atoms with Crippen LogP contribution in [-0.2, 0) is 0 Å². The van der Waals surface area contributed by atoms with Gasteiger partial charge in [0.05, 0.1) is 31.8 Å². The molecular weight excluding hydrogens is 542 g/mol. The molecule has 0 spiro atoms. The van der Waals surface area contributed by atoms with Crippen LogP contribution in [0.15, 0.2) is 76.1 Å². The van der Waals surface area contributed by atoms with Crippen LogP contribution in [-0.4, -0.2) is 20.5 Å². The molecule has 0 aromatic heterocycles. The summed E-state index contributed by atoms with van der Waals surface area (Å²) in [7, 11) is 0. The van der Waals surface area contributed by atoms with Gasteiger partial charge in [-0.2, -0.15) is 0 Å². The Morgan fingerprint density at radius 2 is 1.71 bits per heavy atom. The van der Waals surface area contributed by atoms with Crippen LogP contribution in [0.25, 0.3) is 0 Å². The molecule has 3 aromatic carbocycles. The molecule has 0 saturated heterocycles. The lowest BCUT2D eigenvalue weighted by atomic mass is 9.77. The monoisotopic (exact) mass is 559 g/mol. The summed E-state index contributed by atoms with van der Waals surface area (Å²) in [5.41, 5.74) is 2.78. The summed E-state index contributed by atoms with van der Waals surface area (Å²) < 4.78 is 0.620. The Balaban J connectivity index is 1.58. The first kappa shape index (κ1) is 23.1. The highest BCUT2D eigenvalue weighted by Crippen LogP contribution is 2.59. The molecule has 1 heterocycles. The fourth-order valence-corrected chi connectivity index (χ4v) is 7.65. The lowest BCUT2D eigenvalue weighted by Crippen LogP contribution is -2.31. The van der Waals surface area contributed by atoms with Gasteiger partial charge in [0.2, 0.25) is 0 Å². The topological polar surface area (TPSA) is 98.3 Å². The van der Waals surface area contributed by atoms with Crippen molar-refractivity contribution in [1.82, 2.24) is 0 Å². The summed E-state index contributed by atoms with van der Waals surface area (Å²) in [4.78, 5) is 22.9. The van der Waals surface area contributed by atoms with Gasteiger partial charge in [-0.25, -0.2) is 0 Å². The average molecular weight is 561 g/mol. The first-order valence-electron chi connectivity index (χ1n) is 10.7. The summed E-state index contributed by atoms with van der Waals surface area (Å²) in [6.07, 6.45) is 0.710. The molecule has 7 nitrogen and oxygen atoms in total. The second kappa shape index (κ2) is 9.20. The second-order valence-electron chi connectivity index (χ2n) is 8.43. The number of non-ortho nitro benzene ring substituents is 1. The van der Waals surface area contributed by atoms with E-state index in [4.69, 9.17) is 11.6 Å². The molecule has 5 rings (SSSR count). The normalized spacial score (nSPS) is 25.2. The lowest BCUT2D eigenvalue weighted by molar-refractivity contribution is -0.387. The number of thioether (sulfide) groups is 1. The van der Waals surface area contributed by atoms with Gasteiger partial charge in [-0.05, 0) is 45.5 Å². The number of para-hydroxylation sites is 1. The Bertz CT molecular complexity index is 1280. The molecule has 0 radical (unpaired) electrons. The van der Waals surface area contributed by atoms with Gasteiger partial charge in [0, 0.05) is 33.8 Å². The standard InChI is InChI=1S/C24H19BrClN3O4S/c25-17-11-14(28(30)31)10-15-21-16(23(27-24(15)17)13-6-2-1-3-7-13)12-20(22(21)26)34-19-9-5-4-8-18(19)29(32)33/h1-11,16,20-23,27H,12H2/t16-,20-,21+,22-,23+/m0/s1. The molecule has 174 valence electrons. The number of hydrogen-bond donors (Lipinski definition) is 1. The quantitative estimate of drug-likeness (QED) is 0.200. The summed E-state index contributed by atoms with van der Waals surface area (Å²) >= 11 is 12.0. The molecule has 0 bridgehead atoms. The minimum atomic E-state index is -0.402. The van der Waals surface area contributed by atoms with Gasteiger partial charge in [0.15, 0.2) is 0 Å². The van der Waals surface area contributed by atoms with Crippen molar-refractivity contribution < 1.29 is 9.85 Å². The van der Waals surface area contributed by atoms with Gasteiger partial charge in [0.1, 0.15) is 0 Å². The second-order valence-corrected chi connectivity index (χ2v) is 11.1. The number of rotatable bonds is 5. The van der Waals surface area contributed by atoms with Gasteiger partial charge < -0.3 is 5.32 Å². The van der Waals surface area contributed by atoms with E-state index in [9.17, 15) is 20.2 Å². The maximum absolute atomic E-state index is 11.6. The highest BCUT2D eigenvalue weighted by Gasteiger charge is 2.51. The Hall–Kier alpha value is -2.62. The van der Waals surface area contributed by atoms with Gasteiger partial charge in [0.25, 0.3) is 11.4 Å². The van der Waals surface area contributed by atoms with E-state index in [0.29, 0.717) is 15.8 Å². The van der Waals surface area contributed by atoms with Crippen LogP contribution in [0.4, 0.5) is 17.1 Å². The number of hydrogen-bond acceptors (Lipinski definition) is 6. The number of halogens is 2. The van der Waals surface area contributed by atoms with Gasteiger partial charge in [-0.1, -0.05) is 42.5 Å². The number of anilines is 1. The zero-order valence-electron chi connectivity index (χ0n) is 17.6. The van der Waals surface area contributed by atoms with Crippen molar-refractivity contribution in [3.8, 4) is 0 Å². The summed E-state index contributed by atoms with van der Waals surface area (Å²) in [6, 6.07) is 19.8.